The molecule has 0 bridgehead atoms. The van der Waals surface area contributed by atoms with Crippen LogP contribution in [0.4, 0.5) is 0 Å². The number of alkyl halides is 1. The number of nitrogens with one attached hydrogen (secondary N) is 1. The van der Waals surface area contributed by atoms with Crippen LogP contribution >= 0.6 is 27.9 Å². The van der Waals surface area contributed by atoms with Crippen LogP contribution in [0.5, 0.6) is 0 Å². The smallest absolute Gasteiger partial charge is 0.203 e. The molecule has 7 nitrogen and oxygen atoms in total. The Morgan fingerprint density at radius 2 is 2.04 bits per heavy atom. The van der Waals surface area contributed by atoms with Gasteiger partial charge in [0.1, 0.15) is 28.5 Å². The summed E-state index contributed by atoms with van der Waals surface area (Å²) in [5, 5.41) is 39.8. The first-order valence-electron chi connectivity index (χ1n) is 6.80. The summed E-state index contributed by atoms with van der Waals surface area (Å²) in [6.07, 6.45) is -3.04. The lowest BCUT2D eigenvalue weighted by Gasteiger charge is -2.51. The number of halogens is 2. The van der Waals surface area contributed by atoms with Crippen LogP contribution in [0.2, 0.25) is 0 Å². The van der Waals surface area contributed by atoms with Crippen molar-refractivity contribution in [2.24, 2.45) is 0 Å². The Labute approximate surface area is 144 Å². The molecule has 1 aliphatic rings. The average molecular weight is 409 g/mol. The van der Waals surface area contributed by atoms with Gasteiger partial charge in [-0.2, -0.15) is 0 Å². The number of H-pyrrole nitrogens is 1. The van der Waals surface area contributed by atoms with E-state index in [9.17, 15) is 20.4 Å². The molecule has 0 unspecified atom stereocenters. The SMILES string of the molecule is OC[C@H]1O[C@@H](OBr)[C@H](O)[C@](O)(c2c[nH]c3ccccc23)[C@]1(O)Cl. The highest BCUT2D eigenvalue weighted by Gasteiger charge is 2.66. The Bertz CT molecular complexity index is 709. The predicted octanol–water partition coefficient (Wildman–Crippen LogP) is 0.687. The number of aromatic amines is 1. The van der Waals surface area contributed by atoms with E-state index in [4.69, 9.17) is 20.2 Å². The third kappa shape index (κ3) is 2.33. The molecule has 1 saturated heterocycles. The molecule has 0 aliphatic carbocycles. The lowest BCUT2D eigenvalue weighted by atomic mass is 9.78. The lowest BCUT2D eigenvalue weighted by molar-refractivity contribution is -0.329. The first-order chi connectivity index (χ1) is 10.9. The van der Waals surface area contributed by atoms with Gasteiger partial charge >= 0.3 is 0 Å². The summed E-state index contributed by atoms with van der Waals surface area (Å²) in [4.78, 5) is 2.94. The molecule has 0 saturated carbocycles. The monoisotopic (exact) mass is 407 g/mol. The van der Waals surface area contributed by atoms with Crippen molar-refractivity contribution >= 4 is 38.8 Å². The molecule has 5 atom stereocenters. The van der Waals surface area contributed by atoms with Crippen LogP contribution in [-0.2, 0) is 14.2 Å². The zero-order chi connectivity index (χ0) is 16.8. The van der Waals surface area contributed by atoms with Gasteiger partial charge in [0.15, 0.2) is 11.9 Å². The zero-order valence-electron chi connectivity index (χ0n) is 11.7. The number of hydrogen-bond acceptors (Lipinski definition) is 6. The summed E-state index contributed by atoms with van der Waals surface area (Å²) >= 11 is 8.83. The highest BCUT2D eigenvalue weighted by atomic mass is 79.9. The number of aliphatic hydroxyl groups is 4. The molecule has 1 aromatic carbocycles. The Morgan fingerprint density at radius 3 is 2.70 bits per heavy atom. The van der Waals surface area contributed by atoms with E-state index in [0.29, 0.717) is 10.9 Å². The van der Waals surface area contributed by atoms with Crippen LogP contribution in [0.3, 0.4) is 0 Å². The first-order valence-corrected chi connectivity index (χ1v) is 7.82. The zero-order valence-corrected chi connectivity index (χ0v) is 14.0. The van der Waals surface area contributed by atoms with Gasteiger partial charge in [-0.25, -0.2) is 0 Å². The van der Waals surface area contributed by atoms with E-state index in [1.165, 1.54) is 6.20 Å². The molecule has 2 heterocycles. The summed E-state index contributed by atoms with van der Waals surface area (Å²) in [5.74, 6) is 0. The van der Waals surface area contributed by atoms with Crippen molar-refractivity contribution in [3.05, 3.63) is 36.0 Å². The molecule has 2 aromatic rings. The minimum atomic E-state index is -2.49. The number of aliphatic hydroxyl groups excluding tert-OH is 2. The molecule has 1 aromatic heterocycles. The van der Waals surface area contributed by atoms with Gasteiger partial charge in [-0.05, 0) is 6.07 Å². The van der Waals surface area contributed by atoms with E-state index in [0.717, 1.165) is 0 Å². The second kappa shape index (κ2) is 5.98. The van der Waals surface area contributed by atoms with E-state index in [2.05, 4.69) is 21.2 Å². The summed E-state index contributed by atoms with van der Waals surface area (Å²) in [7, 11) is 0. The molecule has 1 aliphatic heterocycles. The third-order valence-electron chi connectivity index (χ3n) is 4.20. The summed E-state index contributed by atoms with van der Waals surface area (Å²) in [6, 6.07) is 7.00. The van der Waals surface area contributed by atoms with Crippen LogP contribution in [0.25, 0.3) is 10.9 Å². The van der Waals surface area contributed by atoms with Crippen LogP contribution in [0.1, 0.15) is 5.56 Å². The quantitative estimate of drug-likeness (QED) is 0.477. The second-order valence-corrected chi connectivity index (χ2v) is 6.35. The van der Waals surface area contributed by atoms with Crippen molar-refractivity contribution in [2.45, 2.75) is 29.2 Å². The van der Waals surface area contributed by atoms with E-state index in [-0.39, 0.29) is 5.56 Å². The van der Waals surface area contributed by atoms with Gasteiger partial charge in [0.05, 0.1) is 6.61 Å². The molecule has 9 heteroatoms. The van der Waals surface area contributed by atoms with Crippen LogP contribution in [0, 0.1) is 0 Å². The molecule has 3 rings (SSSR count). The van der Waals surface area contributed by atoms with Crippen molar-refractivity contribution in [2.75, 3.05) is 6.61 Å². The minimum absolute atomic E-state index is 0.161. The van der Waals surface area contributed by atoms with Crippen LogP contribution in [0.15, 0.2) is 30.5 Å². The molecule has 0 amide bonds. The average Bonchev–Trinajstić information content (AvgIpc) is 2.97. The van der Waals surface area contributed by atoms with Gasteiger partial charge in [-0.15, -0.1) is 0 Å². The van der Waals surface area contributed by atoms with Crippen molar-refractivity contribution in [1.29, 1.82) is 0 Å². The van der Waals surface area contributed by atoms with E-state index < -0.39 is 35.8 Å². The van der Waals surface area contributed by atoms with Gasteiger partial charge in [0, 0.05) is 22.7 Å². The van der Waals surface area contributed by atoms with Crippen molar-refractivity contribution < 1.29 is 29.0 Å². The molecule has 1 fully saturated rings. The van der Waals surface area contributed by atoms with E-state index in [1.54, 1.807) is 24.3 Å². The van der Waals surface area contributed by atoms with Gasteiger partial charge in [-0.3, -0.25) is 3.83 Å². The molecular formula is C14H15BrClNO6. The van der Waals surface area contributed by atoms with Crippen molar-refractivity contribution in [3.8, 4) is 0 Å². The number of rotatable bonds is 3. The maximum absolute atomic E-state index is 11.2. The number of hydrogen-bond donors (Lipinski definition) is 5. The Morgan fingerprint density at radius 1 is 1.35 bits per heavy atom. The lowest BCUT2D eigenvalue weighted by Crippen LogP contribution is -2.70. The fourth-order valence-corrected chi connectivity index (χ4v) is 3.57. The first kappa shape index (κ1) is 17.1. The van der Waals surface area contributed by atoms with Gasteiger partial charge in [0.25, 0.3) is 0 Å². The topological polar surface area (TPSA) is 115 Å². The minimum Gasteiger partial charge on any atom is -0.394 e. The van der Waals surface area contributed by atoms with E-state index in [1.807, 2.05) is 0 Å². The summed E-state index contributed by atoms with van der Waals surface area (Å²) in [6.45, 7) is -0.690. The summed E-state index contributed by atoms with van der Waals surface area (Å²) in [5.41, 5.74) is -1.52. The highest BCUT2D eigenvalue weighted by Crippen LogP contribution is 2.49. The third-order valence-corrected chi connectivity index (χ3v) is 5.10. The van der Waals surface area contributed by atoms with Crippen LogP contribution < -0.4 is 0 Å². The fourth-order valence-electron chi connectivity index (χ4n) is 2.95. The Kier molecular flexibility index (Phi) is 4.45. The largest absolute Gasteiger partial charge is 0.394 e. The Hall–Kier alpha value is -0.710. The number of fused-ring (bicyclic) bond motifs is 1. The normalized spacial score (nSPS) is 38.1. The number of ether oxygens (including phenoxy) is 1. The molecule has 126 valence electrons. The molecular weight excluding hydrogens is 394 g/mol. The van der Waals surface area contributed by atoms with Crippen molar-refractivity contribution in [3.63, 3.8) is 0 Å². The van der Waals surface area contributed by atoms with E-state index >= 15 is 0 Å². The second-order valence-electron chi connectivity index (χ2n) is 5.40. The maximum Gasteiger partial charge on any atom is 0.203 e. The molecule has 0 radical (unpaired) electrons. The number of benzene rings is 1. The predicted molar refractivity (Wildman–Crippen MR) is 84.8 cm³/mol. The fraction of sp³-hybridized carbons (Fsp3) is 0.429. The Balaban J connectivity index is 2.22. The van der Waals surface area contributed by atoms with Gasteiger partial charge < -0.3 is 30.1 Å². The summed E-state index contributed by atoms with van der Waals surface area (Å²) < 4.78 is 10.0. The number of aromatic nitrogens is 1. The van der Waals surface area contributed by atoms with Crippen LogP contribution in [-0.4, -0.2) is 55.6 Å². The molecule has 23 heavy (non-hydrogen) atoms. The highest BCUT2D eigenvalue weighted by molar-refractivity contribution is 9.06. The maximum atomic E-state index is 11.2. The van der Waals surface area contributed by atoms with Gasteiger partial charge in [-0.1, -0.05) is 29.8 Å². The molecule has 5 N–H and O–H groups in total. The number of para-hydroxylation sites is 1. The van der Waals surface area contributed by atoms with Gasteiger partial charge in [0.2, 0.25) is 5.06 Å². The van der Waals surface area contributed by atoms with Crippen molar-refractivity contribution in [1.82, 2.24) is 4.98 Å². The standard InChI is InChI=1S/C14H15BrClNO6/c15-23-12-11(19)13(20,14(16,21)10(6-18)22-12)8-5-17-9-4-2-1-3-7(8)9/h1-5,10-12,17-21H,6H2/t10-,11+,12+,13-,14+/m1/s1. The molecule has 0 spiro atoms.